The van der Waals surface area contributed by atoms with Crippen molar-refractivity contribution in [3.63, 3.8) is 0 Å². The van der Waals surface area contributed by atoms with E-state index in [-0.39, 0.29) is 11.8 Å². The van der Waals surface area contributed by atoms with E-state index in [1.807, 2.05) is 0 Å². The van der Waals surface area contributed by atoms with Gasteiger partial charge in [-0.05, 0) is 36.3 Å². The molecule has 2 rings (SSSR count). The number of aliphatic carboxylic acids is 1. The van der Waals surface area contributed by atoms with Crippen LogP contribution in [0.5, 0.6) is 0 Å². The lowest BCUT2D eigenvalue weighted by molar-refractivity contribution is -0.138. The molecule has 0 unspecified atom stereocenters. The molecule has 0 spiro atoms. The van der Waals surface area contributed by atoms with Crippen molar-refractivity contribution in [3.8, 4) is 0 Å². The monoisotopic (exact) mass is 218 g/mol. The lowest BCUT2D eigenvalue weighted by atomic mass is 10.0. The minimum atomic E-state index is -0.653. The summed E-state index contributed by atoms with van der Waals surface area (Å²) in [6.07, 6.45) is 4.37. The van der Waals surface area contributed by atoms with Crippen LogP contribution in [0.25, 0.3) is 0 Å². The van der Waals surface area contributed by atoms with Crippen LogP contribution in [-0.2, 0) is 11.2 Å². The van der Waals surface area contributed by atoms with Gasteiger partial charge in [0.05, 0.1) is 5.92 Å². The van der Waals surface area contributed by atoms with Crippen LogP contribution in [0.3, 0.4) is 0 Å². The summed E-state index contributed by atoms with van der Waals surface area (Å²) in [6.45, 7) is 2.19. The second-order valence-corrected chi connectivity index (χ2v) is 4.63. The minimum absolute atomic E-state index is 0.138. The quantitative estimate of drug-likeness (QED) is 0.824. The molecule has 1 aromatic rings. The van der Waals surface area contributed by atoms with Gasteiger partial charge >= 0.3 is 5.97 Å². The highest BCUT2D eigenvalue weighted by Crippen LogP contribution is 2.47. The Morgan fingerprint density at radius 1 is 1.38 bits per heavy atom. The van der Waals surface area contributed by atoms with Crippen molar-refractivity contribution >= 4 is 5.97 Å². The second kappa shape index (κ2) is 4.69. The van der Waals surface area contributed by atoms with Gasteiger partial charge in [-0.25, -0.2) is 0 Å². The van der Waals surface area contributed by atoms with E-state index < -0.39 is 5.97 Å². The van der Waals surface area contributed by atoms with Crippen LogP contribution in [0.1, 0.15) is 43.2 Å². The SMILES string of the molecule is CCCCc1ccc([C@H]2C[C@H]2C(=O)O)cc1. The fraction of sp³-hybridized carbons (Fsp3) is 0.500. The van der Waals surface area contributed by atoms with Crippen molar-refractivity contribution in [3.05, 3.63) is 35.4 Å². The largest absolute Gasteiger partial charge is 0.481 e. The summed E-state index contributed by atoms with van der Waals surface area (Å²) in [6, 6.07) is 8.47. The average Bonchev–Trinajstić information content (AvgIpc) is 3.07. The molecule has 0 heterocycles. The molecule has 2 heteroatoms. The van der Waals surface area contributed by atoms with Gasteiger partial charge in [-0.2, -0.15) is 0 Å². The van der Waals surface area contributed by atoms with E-state index in [0.717, 1.165) is 12.8 Å². The highest BCUT2D eigenvalue weighted by Gasteiger charge is 2.43. The molecule has 0 saturated heterocycles. The molecule has 16 heavy (non-hydrogen) atoms. The maximum atomic E-state index is 10.8. The molecule has 1 aromatic carbocycles. The van der Waals surface area contributed by atoms with Gasteiger partial charge in [0.25, 0.3) is 0 Å². The molecule has 86 valence electrons. The fourth-order valence-corrected chi connectivity index (χ4v) is 2.15. The Kier molecular flexibility index (Phi) is 3.28. The summed E-state index contributed by atoms with van der Waals surface area (Å²) in [5.41, 5.74) is 2.55. The predicted molar refractivity (Wildman–Crippen MR) is 63.5 cm³/mol. The van der Waals surface area contributed by atoms with Gasteiger partial charge in [0.2, 0.25) is 0 Å². The molecule has 1 fully saturated rings. The zero-order valence-electron chi connectivity index (χ0n) is 9.65. The fourth-order valence-electron chi connectivity index (χ4n) is 2.15. The first-order valence-corrected chi connectivity index (χ1v) is 6.04. The Labute approximate surface area is 96.3 Å². The predicted octanol–water partition coefficient (Wildman–Crippen LogP) is 3.22. The lowest BCUT2D eigenvalue weighted by Crippen LogP contribution is -1.98. The molecule has 0 bridgehead atoms. The number of carbonyl (C=O) groups is 1. The third-order valence-electron chi connectivity index (χ3n) is 3.33. The average molecular weight is 218 g/mol. The van der Waals surface area contributed by atoms with E-state index in [2.05, 4.69) is 31.2 Å². The molecule has 1 aliphatic carbocycles. The summed E-state index contributed by atoms with van der Waals surface area (Å²) in [5, 5.41) is 8.86. The van der Waals surface area contributed by atoms with Crippen molar-refractivity contribution in [2.45, 2.75) is 38.5 Å². The van der Waals surface area contributed by atoms with Gasteiger partial charge in [0, 0.05) is 0 Å². The Hall–Kier alpha value is -1.31. The van der Waals surface area contributed by atoms with Crippen LogP contribution in [-0.4, -0.2) is 11.1 Å². The van der Waals surface area contributed by atoms with Crippen molar-refractivity contribution in [2.75, 3.05) is 0 Å². The number of aryl methyl sites for hydroxylation is 1. The number of carboxylic acids is 1. The summed E-state index contributed by atoms with van der Waals surface area (Å²) >= 11 is 0. The van der Waals surface area contributed by atoms with Crippen LogP contribution in [0.15, 0.2) is 24.3 Å². The van der Waals surface area contributed by atoms with Gasteiger partial charge in [0.15, 0.2) is 0 Å². The number of hydrogen-bond acceptors (Lipinski definition) is 1. The third kappa shape index (κ3) is 2.43. The zero-order valence-corrected chi connectivity index (χ0v) is 9.65. The van der Waals surface area contributed by atoms with E-state index in [9.17, 15) is 4.79 Å². The van der Waals surface area contributed by atoms with Crippen molar-refractivity contribution < 1.29 is 9.90 Å². The van der Waals surface area contributed by atoms with Gasteiger partial charge in [0.1, 0.15) is 0 Å². The maximum absolute atomic E-state index is 10.8. The summed E-state index contributed by atoms with van der Waals surface area (Å²) in [4.78, 5) is 10.8. The van der Waals surface area contributed by atoms with Crippen molar-refractivity contribution in [1.82, 2.24) is 0 Å². The highest BCUT2D eigenvalue weighted by atomic mass is 16.4. The molecule has 2 nitrogen and oxygen atoms in total. The Morgan fingerprint density at radius 3 is 2.56 bits per heavy atom. The highest BCUT2D eigenvalue weighted by molar-refractivity contribution is 5.75. The second-order valence-electron chi connectivity index (χ2n) is 4.63. The van der Waals surface area contributed by atoms with E-state index in [0.29, 0.717) is 0 Å². The molecular weight excluding hydrogens is 200 g/mol. The molecule has 0 aliphatic heterocycles. The molecule has 1 N–H and O–H groups in total. The molecule has 1 saturated carbocycles. The first-order valence-electron chi connectivity index (χ1n) is 6.04. The third-order valence-corrected chi connectivity index (χ3v) is 3.33. The number of unbranched alkanes of at least 4 members (excludes halogenated alkanes) is 1. The smallest absolute Gasteiger partial charge is 0.307 e. The van der Waals surface area contributed by atoms with Gasteiger partial charge in [-0.1, -0.05) is 37.6 Å². The Balaban J connectivity index is 1.95. The maximum Gasteiger partial charge on any atom is 0.307 e. The first kappa shape index (κ1) is 11.2. The summed E-state index contributed by atoms with van der Waals surface area (Å²) in [7, 11) is 0. The van der Waals surface area contributed by atoms with Crippen LogP contribution in [0.4, 0.5) is 0 Å². The molecule has 0 radical (unpaired) electrons. The topological polar surface area (TPSA) is 37.3 Å². The van der Waals surface area contributed by atoms with Crippen molar-refractivity contribution in [1.29, 1.82) is 0 Å². The Bertz CT molecular complexity index is 367. The zero-order chi connectivity index (χ0) is 11.5. The van der Waals surface area contributed by atoms with E-state index >= 15 is 0 Å². The van der Waals surface area contributed by atoms with Crippen LogP contribution >= 0.6 is 0 Å². The molecular formula is C14H18O2. The van der Waals surface area contributed by atoms with E-state index in [1.54, 1.807) is 0 Å². The normalized spacial score (nSPS) is 23.1. The molecule has 0 amide bonds. The van der Waals surface area contributed by atoms with Gasteiger partial charge in [-0.3, -0.25) is 4.79 Å². The van der Waals surface area contributed by atoms with Crippen LogP contribution < -0.4 is 0 Å². The van der Waals surface area contributed by atoms with Crippen LogP contribution in [0.2, 0.25) is 0 Å². The van der Waals surface area contributed by atoms with Crippen LogP contribution in [0, 0.1) is 5.92 Å². The number of rotatable bonds is 5. The minimum Gasteiger partial charge on any atom is -0.481 e. The number of hydrogen-bond donors (Lipinski definition) is 1. The lowest BCUT2D eigenvalue weighted by Gasteiger charge is -2.02. The van der Waals surface area contributed by atoms with Gasteiger partial charge in [-0.15, -0.1) is 0 Å². The van der Waals surface area contributed by atoms with E-state index in [1.165, 1.54) is 24.0 Å². The first-order chi connectivity index (χ1) is 7.72. The molecule has 1 aliphatic rings. The van der Waals surface area contributed by atoms with E-state index in [4.69, 9.17) is 5.11 Å². The van der Waals surface area contributed by atoms with Crippen molar-refractivity contribution in [2.24, 2.45) is 5.92 Å². The van der Waals surface area contributed by atoms with Gasteiger partial charge < -0.3 is 5.11 Å². The molecule has 2 atom stereocenters. The number of carboxylic acid groups (broad SMARTS) is 1. The summed E-state index contributed by atoms with van der Waals surface area (Å²) < 4.78 is 0. The molecule has 0 aromatic heterocycles. The standard InChI is InChI=1S/C14H18O2/c1-2-3-4-10-5-7-11(8-6-10)12-9-13(12)14(15)16/h5-8,12-13H,2-4,9H2,1H3,(H,15,16)/t12-,13-/m1/s1. The Morgan fingerprint density at radius 2 is 2.06 bits per heavy atom. The summed E-state index contributed by atoms with van der Waals surface area (Å²) in [5.74, 6) is -0.528. The number of benzene rings is 1.